The van der Waals surface area contributed by atoms with Crippen LogP contribution in [0.4, 0.5) is 5.69 Å². The van der Waals surface area contributed by atoms with Crippen LogP contribution in [0.3, 0.4) is 0 Å². The molecule has 1 fully saturated rings. The lowest BCUT2D eigenvalue weighted by Crippen LogP contribution is -2.30. The van der Waals surface area contributed by atoms with Crippen molar-refractivity contribution >= 4 is 23.0 Å². The van der Waals surface area contributed by atoms with Crippen LogP contribution in [0, 0.1) is 0 Å². The Morgan fingerprint density at radius 2 is 1.92 bits per heavy atom. The number of aromatic hydroxyl groups is 1. The molecule has 2 aromatic heterocycles. The van der Waals surface area contributed by atoms with E-state index in [1.54, 1.807) is 12.3 Å². The third kappa shape index (κ3) is 2.72. The standard InChI is InChI=1S/C20H20N4OS/c1-2-23-13-7-10-16(23)19-18(14-8-5-6-12-21-14)22-20(26)24(19)15-9-3-4-11-17(15)25/h3-13,18-19,25H,2H2,1H3,(H,22,26)/t18-,19-/m1/s1. The molecule has 26 heavy (non-hydrogen) atoms. The molecule has 2 N–H and O–H groups in total. The molecule has 0 saturated carbocycles. The van der Waals surface area contributed by atoms with E-state index in [1.807, 2.05) is 47.4 Å². The lowest BCUT2D eigenvalue weighted by Gasteiger charge is -2.29. The molecule has 2 atom stereocenters. The summed E-state index contributed by atoms with van der Waals surface area (Å²) in [6.45, 7) is 2.97. The van der Waals surface area contributed by atoms with E-state index >= 15 is 0 Å². The van der Waals surface area contributed by atoms with Gasteiger partial charge in [-0.05, 0) is 55.5 Å². The van der Waals surface area contributed by atoms with Crippen molar-refractivity contribution in [3.05, 3.63) is 78.4 Å². The first kappa shape index (κ1) is 16.6. The smallest absolute Gasteiger partial charge is 0.174 e. The zero-order valence-corrected chi connectivity index (χ0v) is 15.2. The van der Waals surface area contributed by atoms with Gasteiger partial charge in [0.2, 0.25) is 0 Å². The maximum atomic E-state index is 10.4. The molecule has 3 heterocycles. The number of aromatic nitrogens is 2. The Kier molecular flexibility index (Phi) is 4.34. The fraction of sp³-hybridized carbons (Fsp3) is 0.200. The first-order valence-electron chi connectivity index (χ1n) is 8.64. The van der Waals surface area contributed by atoms with Crippen LogP contribution in [-0.2, 0) is 6.54 Å². The normalized spacial score (nSPS) is 19.6. The largest absolute Gasteiger partial charge is 0.506 e. The molecule has 1 saturated heterocycles. The van der Waals surface area contributed by atoms with E-state index in [-0.39, 0.29) is 17.8 Å². The highest BCUT2D eigenvalue weighted by Gasteiger charge is 2.42. The molecule has 6 heteroatoms. The summed E-state index contributed by atoms with van der Waals surface area (Å²) in [7, 11) is 0. The second kappa shape index (κ2) is 6.80. The minimum absolute atomic E-state index is 0.108. The molecule has 0 aliphatic carbocycles. The Bertz CT molecular complexity index is 924. The summed E-state index contributed by atoms with van der Waals surface area (Å²) in [6.07, 6.45) is 3.86. The summed E-state index contributed by atoms with van der Waals surface area (Å²) in [4.78, 5) is 6.53. The molecule has 1 aromatic carbocycles. The number of para-hydroxylation sites is 2. The summed E-state index contributed by atoms with van der Waals surface area (Å²) < 4.78 is 2.20. The number of hydrogen-bond donors (Lipinski definition) is 2. The van der Waals surface area contributed by atoms with Crippen LogP contribution in [0.2, 0.25) is 0 Å². The van der Waals surface area contributed by atoms with E-state index in [0.717, 1.165) is 17.9 Å². The molecule has 0 amide bonds. The second-order valence-electron chi connectivity index (χ2n) is 6.20. The van der Waals surface area contributed by atoms with Gasteiger partial charge in [0.1, 0.15) is 11.8 Å². The Labute approximate surface area is 157 Å². The number of rotatable bonds is 4. The maximum Gasteiger partial charge on any atom is 0.174 e. The van der Waals surface area contributed by atoms with Gasteiger partial charge in [0, 0.05) is 24.6 Å². The molecule has 1 aliphatic rings. The molecular weight excluding hydrogens is 344 g/mol. The van der Waals surface area contributed by atoms with Crippen LogP contribution in [0.15, 0.2) is 67.0 Å². The van der Waals surface area contributed by atoms with Gasteiger partial charge in [-0.1, -0.05) is 18.2 Å². The Hall–Kier alpha value is -2.86. The van der Waals surface area contributed by atoms with Gasteiger partial charge >= 0.3 is 0 Å². The van der Waals surface area contributed by atoms with Crippen LogP contribution < -0.4 is 10.2 Å². The van der Waals surface area contributed by atoms with Crippen LogP contribution in [0.25, 0.3) is 0 Å². The molecule has 132 valence electrons. The summed E-state index contributed by atoms with van der Waals surface area (Å²) in [5, 5.41) is 14.4. The van der Waals surface area contributed by atoms with Gasteiger partial charge in [-0.3, -0.25) is 4.98 Å². The Morgan fingerprint density at radius 1 is 1.12 bits per heavy atom. The lowest BCUT2D eigenvalue weighted by molar-refractivity contribution is 0.470. The highest BCUT2D eigenvalue weighted by Crippen LogP contribution is 2.44. The van der Waals surface area contributed by atoms with Gasteiger partial charge in [0.25, 0.3) is 0 Å². The number of nitrogens with one attached hydrogen (secondary N) is 1. The number of anilines is 1. The number of nitrogens with zero attached hydrogens (tertiary/aromatic N) is 3. The van der Waals surface area contributed by atoms with Crippen molar-refractivity contribution in [3.63, 3.8) is 0 Å². The average Bonchev–Trinajstić information content (AvgIpc) is 3.26. The number of hydrogen-bond acceptors (Lipinski definition) is 3. The quantitative estimate of drug-likeness (QED) is 0.690. The van der Waals surface area contributed by atoms with Crippen molar-refractivity contribution in [1.29, 1.82) is 0 Å². The summed E-state index contributed by atoms with van der Waals surface area (Å²) in [6, 6.07) is 17.1. The van der Waals surface area contributed by atoms with Crippen molar-refractivity contribution in [2.24, 2.45) is 0 Å². The van der Waals surface area contributed by atoms with E-state index in [9.17, 15) is 5.11 Å². The van der Waals surface area contributed by atoms with Gasteiger partial charge in [0.05, 0.1) is 17.4 Å². The minimum atomic E-state index is -0.111. The number of aryl methyl sites for hydroxylation is 1. The topological polar surface area (TPSA) is 53.3 Å². The third-order valence-corrected chi connectivity index (χ3v) is 5.06. The van der Waals surface area contributed by atoms with E-state index in [1.165, 1.54) is 0 Å². The zero-order chi connectivity index (χ0) is 18.1. The highest BCUT2D eigenvalue weighted by atomic mass is 32.1. The summed E-state index contributed by atoms with van der Waals surface area (Å²) in [5.41, 5.74) is 2.73. The van der Waals surface area contributed by atoms with Crippen LogP contribution >= 0.6 is 12.2 Å². The third-order valence-electron chi connectivity index (χ3n) is 4.75. The Morgan fingerprint density at radius 3 is 2.65 bits per heavy atom. The molecule has 5 nitrogen and oxygen atoms in total. The van der Waals surface area contributed by atoms with E-state index in [2.05, 4.69) is 34.1 Å². The van der Waals surface area contributed by atoms with E-state index in [0.29, 0.717) is 10.8 Å². The number of phenols is 1. The minimum Gasteiger partial charge on any atom is -0.506 e. The maximum absolute atomic E-state index is 10.4. The first-order chi connectivity index (χ1) is 12.7. The number of thiocarbonyl (C=S) groups is 1. The lowest BCUT2D eigenvalue weighted by atomic mass is 10.0. The second-order valence-corrected chi connectivity index (χ2v) is 6.59. The Balaban J connectivity index is 1.87. The van der Waals surface area contributed by atoms with Gasteiger partial charge < -0.3 is 19.9 Å². The van der Waals surface area contributed by atoms with Crippen LogP contribution in [0.5, 0.6) is 5.75 Å². The fourth-order valence-corrected chi connectivity index (χ4v) is 3.91. The molecule has 1 aliphatic heterocycles. The molecule has 0 spiro atoms. The van der Waals surface area contributed by atoms with Crippen molar-refractivity contribution in [3.8, 4) is 5.75 Å². The molecule has 0 bridgehead atoms. The average molecular weight is 364 g/mol. The van der Waals surface area contributed by atoms with Gasteiger partial charge in [-0.25, -0.2) is 0 Å². The first-order valence-corrected chi connectivity index (χ1v) is 9.05. The van der Waals surface area contributed by atoms with Gasteiger partial charge in [-0.2, -0.15) is 0 Å². The van der Waals surface area contributed by atoms with Crippen LogP contribution in [-0.4, -0.2) is 19.8 Å². The van der Waals surface area contributed by atoms with Gasteiger partial charge in [0.15, 0.2) is 5.11 Å². The molecular formula is C20H20N4OS. The van der Waals surface area contributed by atoms with Crippen molar-refractivity contribution in [2.75, 3.05) is 4.90 Å². The molecule has 3 aromatic rings. The molecule has 0 unspecified atom stereocenters. The van der Waals surface area contributed by atoms with E-state index < -0.39 is 0 Å². The van der Waals surface area contributed by atoms with Crippen LogP contribution in [0.1, 0.15) is 30.4 Å². The van der Waals surface area contributed by atoms with Gasteiger partial charge in [-0.15, -0.1) is 0 Å². The summed E-state index contributed by atoms with van der Waals surface area (Å²) in [5.74, 6) is 0.206. The zero-order valence-electron chi connectivity index (χ0n) is 14.4. The van der Waals surface area contributed by atoms with Crippen molar-refractivity contribution < 1.29 is 5.11 Å². The predicted octanol–water partition coefficient (Wildman–Crippen LogP) is 3.79. The van der Waals surface area contributed by atoms with E-state index in [4.69, 9.17) is 12.2 Å². The molecule has 0 radical (unpaired) electrons. The SMILES string of the molecule is CCn1cccc1[C@@H]1[C@@H](c2ccccn2)NC(=S)N1c1ccccc1O. The number of pyridine rings is 1. The highest BCUT2D eigenvalue weighted by molar-refractivity contribution is 7.80. The summed E-state index contributed by atoms with van der Waals surface area (Å²) >= 11 is 5.66. The fourth-order valence-electron chi connectivity index (χ4n) is 3.57. The number of phenolic OH excluding ortho intramolecular Hbond substituents is 1. The van der Waals surface area contributed by atoms with Crippen molar-refractivity contribution in [2.45, 2.75) is 25.6 Å². The predicted molar refractivity (Wildman–Crippen MR) is 106 cm³/mol. The number of benzene rings is 1. The van der Waals surface area contributed by atoms with Crippen molar-refractivity contribution in [1.82, 2.24) is 14.9 Å². The monoisotopic (exact) mass is 364 g/mol. The molecule has 4 rings (SSSR count).